The molecular weight excluding hydrogens is 459 g/mol. The van der Waals surface area contributed by atoms with Crippen molar-refractivity contribution >= 4 is 40.8 Å². The zero-order valence-electron chi connectivity index (χ0n) is 17.6. The topological polar surface area (TPSA) is 78.4 Å². The summed E-state index contributed by atoms with van der Waals surface area (Å²) in [7, 11) is 1.70. The second-order valence-electron chi connectivity index (χ2n) is 7.18. The van der Waals surface area contributed by atoms with Crippen molar-refractivity contribution in [3.63, 3.8) is 0 Å². The van der Waals surface area contributed by atoms with Crippen LogP contribution in [0.15, 0.2) is 48.5 Å². The fourth-order valence-corrected chi connectivity index (χ4v) is 3.56. The summed E-state index contributed by atoms with van der Waals surface area (Å²) < 4.78 is 40.9. The highest BCUT2D eigenvalue weighted by Gasteiger charge is 2.31. The molecule has 3 aromatic rings. The Morgan fingerprint density at radius 3 is 2.21 bits per heavy atom. The van der Waals surface area contributed by atoms with Gasteiger partial charge in [0.15, 0.2) is 0 Å². The van der Waals surface area contributed by atoms with E-state index >= 15 is 0 Å². The quantitative estimate of drug-likeness (QED) is 0.533. The van der Waals surface area contributed by atoms with Crippen LogP contribution in [0.5, 0.6) is 5.75 Å². The molecule has 0 bridgehead atoms. The van der Waals surface area contributed by atoms with E-state index in [4.69, 9.17) is 11.6 Å². The van der Waals surface area contributed by atoms with Crippen molar-refractivity contribution in [2.24, 2.45) is 0 Å². The summed E-state index contributed by atoms with van der Waals surface area (Å²) in [5.41, 5.74) is 1.57. The predicted molar refractivity (Wildman–Crippen MR) is 122 cm³/mol. The van der Waals surface area contributed by atoms with Gasteiger partial charge >= 0.3 is 6.36 Å². The van der Waals surface area contributed by atoms with Gasteiger partial charge in [0.25, 0.3) is 0 Å². The molecule has 2 aromatic carbocycles. The summed E-state index contributed by atoms with van der Waals surface area (Å²) in [6.45, 7) is 2.93. The number of ether oxygens (including phenoxy) is 1. The molecule has 1 fully saturated rings. The van der Waals surface area contributed by atoms with Crippen molar-refractivity contribution < 1.29 is 17.9 Å². The van der Waals surface area contributed by atoms with Crippen molar-refractivity contribution in [2.75, 3.05) is 53.7 Å². The number of aromatic nitrogens is 3. The summed E-state index contributed by atoms with van der Waals surface area (Å²) in [6.07, 6.45) is -4.74. The number of anilines is 5. The van der Waals surface area contributed by atoms with E-state index in [9.17, 15) is 13.2 Å². The molecule has 2 N–H and O–H groups in total. The minimum atomic E-state index is -4.74. The van der Waals surface area contributed by atoms with Crippen molar-refractivity contribution in [3.05, 3.63) is 53.6 Å². The van der Waals surface area contributed by atoms with E-state index in [1.165, 1.54) is 24.3 Å². The molecule has 0 unspecified atom stereocenters. The van der Waals surface area contributed by atoms with Crippen LogP contribution in [0.2, 0.25) is 5.02 Å². The molecule has 0 amide bonds. The molecule has 0 aliphatic carbocycles. The maximum absolute atomic E-state index is 12.3. The Morgan fingerprint density at radius 1 is 0.909 bits per heavy atom. The van der Waals surface area contributed by atoms with Crippen LogP contribution < -0.4 is 25.2 Å². The Hall–Kier alpha value is -3.47. The van der Waals surface area contributed by atoms with Gasteiger partial charge < -0.3 is 25.2 Å². The number of nitrogens with zero attached hydrogens (tertiary/aromatic N) is 5. The third-order valence-corrected chi connectivity index (χ3v) is 5.16. The van der Waals surface area contributed by atoms with Gasteiger partial charge in [-0.1, -0.05) is 17.7 Å². The van der Waals surface area contributed by atoms with E-state index in [2.05, 4.69) is 40.1 Å². The zero-order chi connectivity index (χ0) is 23.4. The summed E-state index contributed by atoms with van der Waals surface area (Å²) in [5, 5.41) is 6.60. The van der Waals surface area contributed by atoms with Crippen LogP contribution in [0.3, 0.4) is 0 Å². The van der Waals surface area contributed by atoms with Gasteiger partial charge in [-0.15, -0.1) is 13.2 Å². The lowest BCUT2D eigenvalue weighted by molar-refractivity contribution is -0.274. The van der Waals surface area contributed by atoms with Gasteiger partial charge in [0.2, 0.25) is 17.8 Å². The molecule has 1 aromatic heterocycles. The largest absolute Gasteiger partial charge is 0.573 e. The average Bonchev–Trinajstić information content (AvgIpc) is 2.79. The Labute approximate surface area is 193 Å². The van der Waals surface area contributed by atoms with E-state index in [0.717, 1.165) is 18.8 Å². The number of rotatable bonds is 6. The van der Waals surface area contributed by atoms with Gasteiger partial charge in [-0.05, 0) is 42.5 Å². The van der Waals surface area contributed by atoms with E-state index in [1.807, 2.05) is 24.3 Å². The Kier molecular flexibility index (Phi) is 6.59. The summed E-state index contributed by atoms with van der Waals surface area (Å²) >= 11 is 6.11. The van der Waals surface area contributed by atoms with Crippen LogP contribution in [-0.2, 0) is 0 Å². The first-order valence-corrected chi connectivity index (χ1v) is 10.5. The molecule has 4 rings (SSSR count). The van der Waals surface area contributed by atoms with Crippen LogP contribution in [0, 0.1) is 0 Å². The van der Waals surface area contributed by atoms with Crippen molar-refractivity contribution in [1.29, 1.82) is 0 Å². The molecule has 174 valence electrons. The normalized spacial score (nSPS) is 14.2. The molecule has 1 aliphatic rings. The number of benzene rings is 2. The number of halogens is 4. The van der Waals surface area contributed by atoms with Gasteiger partial charge in [-0.25, -0.2) is 0 Å². The monoisotopic (exact) mass is 479 g/mol. The van der Waals surface area contributed by atoms with Crippen LogP contribution in [-0.4, -0.2) is 54.5 Å². The van der Waals surface area contributed by atoms with Gasteiger partial charge in [0, 0.05) is 49.6 Å². The highest BCUT2D eigenvalue weighted by molar-refractivity contribution is 6.30. The SMILES string of the molecule is CNc1nc(Nc2ccc(OC(F)(F)F)cc2)nc(N2CCN(c3cccc(Cl)c3)CC2)n1. The number of alkyl halides is 3. The third-order valence-electron chi connectivity index (χ3n) is 4.93. The lowest BCUT2D eigenvalue weighted by Gasteiger charge is -2.36. The lowest BCUT2D eigenvalue weighted by Crippen LogP contribution is -2.47. The molecule has 33 heavy (non-hydrogen) atoms. The highest BCUT2D eigenvalue weighted by atomic mass is 35.5. The van der Waals surface area contributed by atoms with Gasteiger partial charge in [0.1, 0.15) is 5.75 Å². The van der Waals surface area contributed by atoms with Crippen LogP contribution in [0.1, 0.15) is 0 Å². The molecule has 1 aliphatic heterocycles. The molecule has 0 spiro atoms. The fraction of sp³-hybridized carbons (Fsp3) is 0.286. The predicted octanol–water partition coefficient (Wildman–Crippen LogP) is 4.54. The zero-order valence-corrected chi connectivity index (χ0v) is 18.4. The lowest BCUT2D eigenvalue weighted by atomic mass is 10.2. The molecular formula is C21H21ClF3N7O. The second kappa shape index (κ2) is 9.57. The van der Waals surface area contributed by atoms with E-state index in [0.29, 0.717) is 35.7 Å². The third kappa shape index (κ3) is 6.07. The Bertz CT molecular complexity index is 1090. The molecule has 1 saturated heterocycles. The van der Waals surface area contributed by atoms with E-state index in [1.54, 1.807) is 7.05 Å². The average molecular weight is 480 g/mol. The van der Waals surface area contributed by atoms with Crippen LogP contribution in [0.25, 0.3) is 0 Å². The number of hydrogen-bond donors (Lipinski definition) is 2. The Morgan fingerprint density at radius 2 is 1.58 bits per heavy atom. The molecule has 2 heterocycles. The maximum Gasteiger partial charge on any atom is 0.573 e. The highest BCUT2D eigenvalue weighted by Crippen LogP contribution is 2.26. The van der Waals surface area contributed by atoms with E-state index < -0.39 is 6.36 Å². The molecule has 0 radical (unpaired) electrons. The van der Waals surface area contributed by atoms with Crippen molar-refractivity contribution in [2.45, 2.75) is 6.36 Å². The van der Waals surface area contributed by atoms with Gasteiger partial charge in [0.05, 0.1) is 0 Å². The Balaban J connectivity index is 1.45. The number of hydrogen-bond acceptors (Lipinski definition) is 8. The fourth-order valence-electron chi connectivity index (χ4n) is 3.38. The summed E-state index contributed by atoms with van der Waals surface area (Å²) in [6, 6.07) is 13.1. The first-order valence-electron chi connectivity index (χ1n) is 10.1. The minimum absolute atomic E-state index is 0.270. The molecule has 0 atom stereocenters. The first-order chi connectivity index (χ1) is 15.8. The maximum atomic E-state index is 12.3. The standard InChI is InChI=1S/C21H21ClF3N7O/c1-26-18-28-19(27-15-5-7-17(8-6-15)33-21(23,24)25)30-20(29-18)32-11-9-31(10-12-32)16-4-2-3-14(22)13-16/h2-8,13H,9-12H2,1H3,(H2,26,27,28,29,30). The summed E-state index contributed by atoms with van der Waals surface area (Å²) in [4.78, 5) is 17.5. The van der Waals surface area contributed by atoms with E-state index in [-0.39, 0.29) is 11.7 Å². The van der Waals surface area contributed by atoms with Crippen molar-refractivity contribution in [3.8, 4) is 5.75 Å². The van der Waals surface area contributed by atoms with Crippen LogP contribution in [0.4, 0.5) is 42.4 Å². The minimum Gasteiger partial charge on any atom is -0.406 e. The van der Waals surface area contributed by atoms with Crippen LogP contribution >= 0.6 is 11.6 Å². The second-order valence-corrected chi connectivity index (χ2v) is 7.62. The smallest absolute Gasteiger partial charge is 0.406 e. The molecule has 12 heteroatoms. The number of nitrogens with one attached hydrogen (secondary N) is 2. The first kappa shape index (κ1) is 22.7. The van der Waals surface area contributed by atoms with Crippen molar-refractivity contribution in [1.82, 2.24) is 15.0 Å². The molecule has 0 saturated carbocycles. The summed E-state index contributed by atoms with van der Waals surface area (Å²) in [5.74, 6) is 0.834. The van der Waals surface area contributed by atoms with Gasteiger partial charge in [-0.3, -0.25) is 0 Å². The van der Waals surface area contributed by atoms with Gasteiger partial charge in [-0.2, -0.15) is 15.0 Å². The number of piperazine rings is 1. The molecule has 8 nitrogen and oxygen atoms in total.